The normalized spacial score (nSPS) is 12.3. The minimum Gasteiger partial charge on any atom is -0.464 e. The summed E-state index contributed by atoms with van der Waals surface area (Å²) in [5, 5.41) is 6.75. The summed E-state index contributed by atoms with van der Waals surface area (Å²) in [5.41, 5.74) is 9.19. The third-order valence-corrected chi connectivity index (χ3v) is 8.57. The first-order chi connectivity index (χ1) is 20.8. The molecule has 6 aromatic heterocycles. The second kappa shape index (κ2) is 7.89. The highest BCUT2D eigenvalue weighted by Crippen LogP contribution is 2.49. The molecule has 196 valence electrons. The summed E-state index contributed by atoms with van der Waals surface area (Å²) in [4.78, 5) is 4.64. The van der Waals surface area contributed by atoms with Gasteiger partial charge in [-0.15, -0.1) is 0 Å². The number of hydrogen-bond acceptors (Lipinski definition) is 4. The van der Waals surface area contributed by atoms with Crippen LogP contribution in [0.2, 0.25) is 0 Å². The van der Waals surface area contributed by atoms with Crippen LogP contribution in [0.4, 0.5) is 0 Å². The largest absolute Gasteiger partial charge is 0.464 e. The molecule has 0 radical (unpaired) electrons. The van der Waals surface area contributed by atoms with E-state index in [2.05, 4.69) is 64.0 Å². The first-order valence-corrected chi connectivity index (χ1v) is 13.9. The minimum atomic E-state index is 0.809. The molecule has 42 heavy (non-hydrogen) atoms. The maximum Gasteiger partial charge on any atom is 0.136 e. The number of para-hydroxylation sites is 1. The summed E-state index contributed by atoms with van der Waals surface area (Å²) in [5.74, 6) is 1.62. The van der Waals surface area contributed by atoms with Crippen LogP contribution in [-0.4, -0.2) is 9.38 Å². The van der Waals surface area contributed by atoms with Crippen molar-refractivity contribution in [1.29, 1.82) is 0 Å². The number of furan rings is 3. The van der Waals surface area contributed by atoms with Gasteiger partial charge in [0.05, 0.1) is 34.8 Å². The van der Waals surface area contributed by atoms with Crippen molar-refractivity contribution in [2.75, 3.05) is 0 Å². The second-order valence-corrected chi connectivity index (χ2v) is 10.8. The molecule has 0 amide bonds. The van der Waals surface area contributed by atoms with Crippen molar-refractivity contribution < 1.29 is 13.3 Å². The predicted octanol–water partition coefficient (Wildman–Crippen LogP) is 10.3. The summed E-state index contributed by atoms with van der Waals surface area (Å²) in [6.07, 6.45) is 5.30. The van der Waals surface area contributed by atoms with Crippen LogP contribution in [0.1, 0.15) is 0 Å². The Bertz CT molecular complexity index is 2600. The molecule has 10 rings (SSSR count). The van der Waals surface area contributed by atoms with Gasteiger partial charge in [0.25, 0.3) is 0 Å². The Morgan fingerprint density at radius 2 is 1.31 bits per heavy atom. The van der Waals surface area contributed by atoms with Crippen LogP contribution >= 0.6 is 0 Å². The molecule has 5 heteroatoms. The number of benzene rings is 4. The van der Waals surface area contributed by atoms with Crippen LogP contribution < -0.4 is 0 Å². The quantitative estimate of drug-likeness (QED) is 0.224. The smallest absolute Gasteiger partial charge is 0.136 e. The van der Waals surface area contributed by atoms with Crippen LogP contribution in [0.3, 0.4) is 0 Å². The van der Waals surface area contributed by atoms with E-state index in [1.807, 2.05) is 54.7 Å². The molecule has 0 N–H and O–H groups in total. The van der Waals surface area contributed by atoms with Gasteiger partial charge in [-0.3, -0.25) is 4.98 Å². The topological polar surface area (TPSA) is 56.7 Å². The fourth-order valence-electron chi connectivity index (χ4n) is 6.83. The Kier molecular flexibility index (Phi) is 4.12. The Hall–Kier alpha value is -5.81. The lowest BCUT2D eigenvalue weighted by atomic mass is 9.94. The van der Waals surface area contributed by atoms with E-state index in [4.69, 9.17) is 13.3 Å². The standard InChI is InChI=1S/C37H20N2O3/c1-2-9-33-22(7-1)23-19-30-25(20-34(23)42-33)36-27(32-11-6-16-41-32)18-26(31-10-5-15-40-31)35-24-17-21(28-8-3-4-14-38-28)12-13-29(24)39(30)37(35)36/h1-20H. The molecule has 10 aromatic rings. The number of aromatic nitrogens is 2. The van der Waals surface area contributed by atoms with E-state index in [1.165, 1.54) is 0 Å². The van der Waals surface area contributed by atoms with Crippen LogP contribution in [0.25, 0.3) is 93.9 Å². The van der Waals surface area contributed by atoms with Gasteiger partial charge in [-0.2, -0.15) is 0 Å². The van der Waals surface area contributed by atoms with Crippen molar-refractivity contribution in [3.63, 3.8) is 0 Å². The predicted molar refractivity (Wildman–Crippen MR) is 167 cm³/mol. The van der Waals surface area contributed by atoms with Gasteiger partial charge in [0.15, 0.2) is 0 Å². The molecule has 6 heterocycles. The summed E-state index contributed by atoms with van der Waals surface area (Å²) in [6, 6.07) is 35.5. The molecule has 0 aliphatic heterocycles. The minimum absolute atomic E-state index is 0.809. The van der Waals surface area contributed by atoms with Crippen molar-refractivity contribution in [3.05, 3.63) is 122 Å². The molecule has 0 bridgehead atoms. The molecule has 0 saturated carbocycles. The lowest BCUT2D eigenvalue weighted by Gasteiger charge is -2.08. The summed E-state index contributed by atoms with van der Waals surface area (Å²) < 4.78 is 20.8. The van der Waals surface area contributed by atoms with E-state index in [9.17, 15) is 0 Å². The van der Waals surface area contributed by atoms with Crippen LogP contribution in [0, 0.1) is 0 Å². The second-order valence-electron chi connectivity index (χ2n) is 10.8. The van der Waals surface area contributed by atoms with Crippen LogP contribution in [0.15, 0.2) is 135 Å². The summed E-state index contributed by atoms with van der Waals surface area (Å²) in [7, 11) is 0. The zero-order valence-electron chi connectivity index (χ0n) is 22.2. The summed E-state index contributed by atoms with van der Waals surface area (Å²) >= 11 is 0. The average Bonchev–Trinajstić information content (AvgIpc) is 3.87. The zero-order valence-corrected chi connectivity index (χ0v) is 22.2. The van der Waals surface area contributed by atoms with Gasteiger partial charge < -0.3 is 17.7 Å². The highest BCUT2D eigenvalue weighted by Gasteiger charge is 2.26. The highest BCUT2D eigenvalue weighted by atomic mass is 16.3. The molecular formula is C37H20N2O3. The molecular weight excluding hydrogens is 520 g/mol. The maximum atomic E-state index is 6.36. The van der Waals surface area contributed by atoms with Gasteiger partial charge in [0.1, 0.15) is 22.7 Å². The molecule has 0 aliphatic carbocycles. The third-order valence-electron chi connectivity index (χ3n) is 8.57. The fraction of sp³-hybridized carbons (Fsp3) is 0. The SMILES string of the molecule is c1ccc(-c2ccc3c(c2)c2c(-c4ccco4)cc(-c4ccco4)c4c5cc6oc7ccccc7c6cc5n3c24)nc1. The summed E-state index contributed by atoms with van der Waals surface area (Å²) in [6.45, 7) is 0. The number of rotatable bonds is 3. The molecule has 0 aliphatic rings. The van der Waals surface area contributed by atoms with Gasteiger partial charge >= 0.3 is 0 Å². The van der Waals surface area contributed by atoms with E-state index in [1.54, 1.807) is 12.5 Å². The Morgan fingerprint density at radius 1 is 0.548 bits per heavy atom. The Labute approximate surface area is 238 Å². The molecule has 5 nitrogen and oxygen atoms in total. The van der Waals surface area contributed by atoms with E-state index in [0.29, 0.717) is 0 Å². The first kappa shape index (κ1) is 21.9. The molecule has 0 unspecified atom stereocenters. The van der Waals surface area contributed by atoms with Gasteiger partial charge in [-0.1, -0.05) is 30.3 Å². The van der Waals surface area contributed by atoms with Crippen molar-refractivity contribution in [2.45, 2.75) is 0 Å². The van der Waals surface area contributed by atoms with E-state index >= 15 is 0 Å². The van der Waals surface area contributed by atoms with Gasteiger partial charge in [0, 0.05) is 55.2 Å². The van der Waals surface area contributed by atoms with Crippen molar-refractivity contribution in [3.8, 4) is 33.9 Å². The highest BCUT2D eigenvalue weighted by molar-refractivity contribution is 6.31. The van der Waals surface area contributed by atoms with E-state index < -0.39 is 0 Å². The third kappa shape index (κ3) is 2.79. The van der Waals surface area contributed by atoms with E-state index in [0.717, 1.165) is 93.9 Å². The average molecular weight is 541 g/mol. The van der Waals surface area contributed by atoms with Crippen molar-refractivity contribution in [2.24, 2.45) is 0 Å². The number of nitrogens with zero attached hydrogens (tertiary/aromatic N) is 2. The molecule has 0 spiro atoms. The van der Waals surface area contributed by atoms with Gasteiger partial charge in [0.2, 0.25) is 0 Å². The maximum absolute atomic E-state index is 6.36. The number of fused-ring (bicyclic) bond motifs is 9. The van der Waals surface area contributed by atoms with Crippen molar-refractivity contribution in [1.82, 2.24) is 9.38 Å². The molecule has 0 saturated heterocycles. The molecule has 0 fully saturated rings. The molecule has 0 atom stereocenters. The monoisotopic (exact) mass is 540 g/mol. The number of pyridine rings is 1. The van der Waals surface area contributed by atoms with E-state index in [-0.39, 0.29) is 0 Å². The molecule has 4 aromatic carbocycles. The lowest BCUT2D eigenvalue weighted by molar-refractivity contribution is 0.581. The van der Waals surface area contributed by atoms with Gasteiger partial charge in [-0.25, -0.2) is 0 Å². The van der Waals surface area contributed by atoms with Crippen molar-refractivity contribution >= 4 is 60.0 Å². The lowest BCUT2D eigenvalue weighted by Crippen LogP contribution is -1.85. The first-order valence-electron chi connectivity index (χ1n) is 13.9. The number of hydrogen-bond donors (Lipinski definition) is 0. The van der Waals surface area contributed by atoms with Gasteiger partial charge in [-0.05, 0) is 72.8 Å². The fourth-order valence-corrected chi connectivity index (χ4v) is 6.83. The Balaban J connectivity index is 1.46. The van der Waals surface area contributed by atoms with Crippen LogP contribution in [-0.2, 0) is 0 Å². The zero-order chi connectivity index (χ0) is 27.4. The van der Waals surface area contributed by atoms with Crippen LogP contribution in [0.5, 0.6) is 0 Å². The Morgan fingerprint density at radius 3 is 2.05 bits per heavy atom.